The highest BCUT2D eigenvalue weighted by Gasteiger charge is 2.16. The third kappa shape index (κ3) is 3.02. The second-order valence-corrected chi connectivity index (χ2v) is 6.21. The summed E-state index contributed by atoms with van der Waals surface area (Å²) < 4.78 is 0. The van der Waals surface area contributed by atoms with Gasteiger partial charge in [0.25, 0.3) is 0 Å². The number of hydrogen-bond acceptors (Lipinski definition) is 2. The number of hydrogen-bond donors (Lipinski definition) is 2. The third-order valence-electron chi connectivity index (χ3n) is 4.08. The molecule has 0 bridgehead atoms. The Kier molecular flexibility index (Phi) is 4.00. The zero-order valence-corrected chi connectivity index (χ0v) is 14.2. The number of aromatic nitrogens is 2. The van der Waals surface area contributed by atoms with Crippen molar-refractivity contribution >= 4 is 17.3 Å². The molecule has 0 aliphatic heterocycles. The van der Waals surface area contributed by atoms with Gasteiger partial charge in [0.1, 0.15) is 5.82 Å². The zero-order chi connectivity index (χ0) is 17.2. The van der Waals surface area contributed by atoms with Crippen LogP contribution in [0.3, 0.4) is 0 Å². The van der Waals surface area contributed by atoms with Crippen molar-refractivity contribution in [1.82, 2.24) is 9.97 Å². The van der Waals surface area contributed by atoms with Gasteiger partial charge in [-0.25, -0.2) is 4.98 Å². The third-order valence-corrected chi connectivity index (χ3v) is 4.32. The summed E-state index contributed by atoms with van der Waals surface area (Å²) in [6.07, 6.45) is 0. The monoisotopic (exact) mass is 345 g/mol. The predicted octanol–water partition coefficient (Wildman–Crippen LogP) is 5.65. The van der Waals surface area contributed by atoms with E-state index >= 15 is 0 Å². The lowest BCUT2D eigenvalue weighted by atomic mass is 10.1. The van der Waals surface area contributed by atoms with E-state index in [1.54, 1.807) is 12.1 Å². The van der Waals surface area contributed by atoms with Gasteiger partial charge in [0.2, 0.25) is 0 Å². The fourth-order valence-electron chi connectivity index (χ4n) is 2.85. The van der Waals surface area contributed by atoms with Crippen molar-refractivity contribution in [2.45, 2.75) is 0 Å². The Balaban J connectivity index is 1.94. The van der Waals surface area contributed by atoms with E-state index in [-0.39, 0.29) is 0 Å². The molecule has 3 nitrogen and oxygen atoms in total. The van der Waals surface area contributed by atoms with Gasteiger partial charge < -0.3 is 10.7 Å². The van der Waals surface area contributed by atoms with Crippen LogP contribution >= 0.6 is 11.6 Å². The van der Waals surface area contributed by atoms with Crippen LogP contribution in [0.4, 0.5) is 5.69 Å². The van der Waals surface area contributed by atoms with E-state index < -0.39 is 0 Å². The van der Waals surface area contributed by atoms with E-state index in [9.17, 15) is 0 Å². The molecular formula is C21H16ClN3. The molecule has 0 saturated carbocycles. The molecule has 3 N–H and O–H groups in total. The van der Waals surface area contributed by atoms with Crippen LogP contribution in [-0.2, 0) is 0 Å². The maximum Gasteiger partial charge on any atom is 0.140 e. The Morgan fingerprint density at radius 2 is 1.44 bits per heavy atom. The van der Waals surface area contributed by atoms with Crippen LogP contribution in [0, 0.1) is 0 Å². The van der Waals surface area contributed by atoms with Gasteiger partial charge in [0.15, 0.2) is 0 Å². The minimum absolute atomic E-state index is 0.628. The molecule has 0 aliphatic rings. The Morgan fingerprint density at radius 1 is 0.800 bits per heavy atom. The van der Waals surface area contributed by atoms with E-state index in [0.717, 1.165) is 28.1 Å². The van der Waals surface area contributed by atoms with Gasteiger partial charge in [-0.05, 0) is 18.2 Å². The molecule has 0 aliphatic carbocycles. The molecule has 0 radical (unpaired) electrons. The van der Waals surface area contributed by atoms with Gasteiger partial charge in [0.05, 0.1) is 11.4 Å². The summed E-state index contributed by atoms with van der Waals surface area (Å²) in [5, 5.41) is 0.628. The Hall–Kier alpha value is -3.04. The number of nitrogen functional groups attached to an aromatic ring is 1. The molecule has 4 rings (SSSR count). The second-order valence-electron chi connectivity index (χ2n) is 5.77. The highest BCUT2D eigenvalue weighted by atomic mass is 35.5. The minimum Gasteiger partial charge on any atom is -0.398 e. The summed E-state index contributed by atoms with van der Waals surface area (Å²) in [7, 11) is 0. The van der Waals surface area contributed by atoms with Crippen LogP contribution in [-0.4, -0.2) is 9.97 Å². The Morgan fingerprint density at radius 3 is 2.12 bits per heavy atom. The van der Waals surface area contributed by atoms with Crippen molar-refractivity contribution in [1.29, 1.82) is 0 Å². The first-order valence-corrected chi connectivity index (χ1v) is 8.36. The number of anilines is 1. The summed E-state index contributed by atoms with van der Waals surface area (Å²) in [6.45, 7) is 0. The van der Waals surface area contributed by atoms with Crippen molar-refractivity contribution in [3.63, 3.8) is 0 Å². The number of imidazole rings is 1. The van der Waals surface area contributed by atoms with Crippen LogP contribution in [0.5, 0.6) is 0 Å². The summed E-state index contributed by atoms with van der Waals surface area (Å²) >= 11 is 6.15. The SMILES string of the molecule is Nc1ccc(Cl)cc1-c1nc(-c2ccccc2)c(-c2ccccc2)[nH]1. The number of rotatable bonds is 3. The average Bonchev–Trinajstić information content (AvgIpc) is 3.10. The van der Waals surface area contributed by atoms with Gasteiger partial charge in [-0.3, -0.25) is 0 Å². The first-order chi connectivity index (χ1) is 12.2. The molecule has 0 unspecified atom stereocenters. The molecule has 0 atom stereocenters. The van der Waals surface area contributed by atoms with Crippen molar-refractivity contribution in [2.24, 2.45) is 0 Å². The topological polar surface area (TPSA) is 54.7 Å². The minimum atomic E-state index is 0.628. The number of H-pyrrole nitrogens is 1. The number of nitrogens with one attached hydrogen (secondary N) is 1. The van der Waals surface area contributed by atoms with Crippen LogP contribution in [0.15, 0.2) is 78.9 Å². The fraction of sp³-hybridized carbons (Fsp3) is 0. The van der Waals surface area contributed by atoms with Crippen LogP contribution in [0.1, 0.15) is 0 Å². The van der Waals surface area contributed by atoms with E-state index in [1.165, 1.54) is 0 Å². The molecule has 0 amide bonds. The summed E-state index contributed by atoms with van der Waals surface area (Å²) in [5.74, 6) is 0.706. The molecule has 0 fully saturated rings. The van der Waals surface area contributed by atoms with Gasteiger partial charge >= 0.3 is 0 Å². The summed E-state index contributed by atoms with van der Waals surface area (Å²) in [5.41, 5.74) is 11.5. The molecule has 0 saturated heterocycles. The van der Waals surface area contributed by atoms with Crippen LogP contribution < -0.4 is 5.73 Å². The van der Waals surface area contributed by atoms with Gasteiger partial charge in [-0.2, -0.15) is 0 Å². The first kappa shape index (κ1) is 15.5. The van der Waals surface area contributed by atoms with Gasteiger partial charge in [-0.15, -0.1) is 0 Å². The summed E-state index contributed by atoms with van der Waals surface area (Å²) in [4.78, 5) is 8.27. The predicted molar refractivity (Wildman–Crippen MR) is 104 cm³/mol. The lowest BCUT2D eigenvalue weighted by molar-refractivity contribution is 1.31. The molecule has 0 spiro atoms. The van der Waals surface area contributed by atoms with Crippen molar-refractivity contribution in [3.8, 4) is 33.9 Å². The lowest BCUT2D eigenvalue weighted by Gasteiger charge is -2.03. The number of halogens is 1. The number of aromatic amines is 1. The molecule has 4 aromatic rings. The zero-order valence-electron chi connectivity index (χ0n) is 13.4. The largest absolute Gasteiger partial charge is 0.398 e. The van der Waals surface area contributed by atoms with Crippen molar-refractivity contribution in [2.75, 3.05) is 5.73 Å². The molecule has 25 heavy (non-hydrogen) atoms. The smallest absolute Gasteiger partial charge is 0.140 e. The highest BCUT2D eigenvalue weighted by molar-refractivity contribution is 6.31. The molecule has 122 valence electrons. The van der Waals surface area contributed by atoms with E-state index in [2.05, 4.69) is 17.1 Å². The van der Waals surface area contributed by atoms with Gasteiger partial charge in [0, 0.05) is 27.4 Å². The standard InChI is InChI=1S/C21H16ClN3/c22-16-11-12-18(23)17(13-16)21-24-19(14-7-3-1-4-8-14)20(25-21)15-9-5-2-6-10-15/h1-13H,23H2,(H,24,25). The maximum atomic E-state index is 6.15. The number of benzene rings is 3. The second kappa shape index (κ2) is 6.46. The molecular weight excluding hydrogens is 330 g/mol. The molecule has 1 heterocycles. The van der Waals surface area contributed by atoms with Crippen molar-refractivity contribution < 1.29 is 0 Å². The number of nitrogens with two attached hydrogens (primary N) is 1. The van der Waals surface area contributed by atoms with Crippen LogP contribution in [0.25, 0.3) is 33.9 Å². The van der Waals surface area contributed by atoms with Crippen molar-refractivity contribution in [3.05, 3.63) is 83.9 Å². The Bertz CT molecular complexity index is 951. The molecule has 1 aromatic heterocycles. The molecule has 4 heteroatoms. The summed E-state index contributed by atoms with van der Waals surface area (Å²) in [6, 6.07) is 25.7. The van der Waals surface area contributed by atoms with Gasteiger partial charge in [-0.1, -0.05) is 72.3 Å². The fourth-order valence-corrected chi connectivity index (χ4v) is 3.03. The van der Waals surface area contributed by atoms with E-state index in [4.69, 9.17) is 22.3 Å². The molecule has 3 aromatic carbocycles. The normalized spacial score (nSPS) is 10.8. The quantitative estimate of drug-likeness (QED) is 0.471. The Labute approximate surface area is 151 Å². The highest BCUT2D eigenvalue weighted by Crippen LogP contribution is 2.35. The lowest BCUT2D eigenvalue weighted by Crippen LogP contribution is -1.91. The maximum absolute atomic E-state index is 6.15. The van der Waals surface area contributed by atoms with Crippen LogP contribution in [0.2, 0.25) is 5.02 Å². The first-order valence-electron chi connectivity index (χ1n) is 7.98. The average molecular weight is 346 g/mol. The van der Waals surface area contributed by atoms with E-state index in [0.29, 0.717) is 16.5 Å². The number of nitrogens with zero attached hydrogens (tertiary/aromatic N) is 1. The van der Waals surface area contributed by atoms with E-state index in [1.807, 2.05) is 54.6 Å².